The molecule has 158 valence electrons. The molecule has 0 atom stereocenters. The highest BCUT2D eigenvalue weighted by atomic mass is 16.5. The number of ether oxygens (including phenoxy) is 2. The first-order valence-electron chi connectivity index (χ1n) is 10.3. The summed E-state index contributed by atoms with van der Waals surface area (Å²) in [5, 5.41) is 2.78. The van der Waals surface area contributed by atoms with Crippen molar-refractivity contribution in [3.63, 3.8) is 0 Å². The Morgan fingerprint density at radius 1 is 0.871 bits per heavy atom. The molecule has 1 amide bonds. The molecule has 3 aromatic carbocycles. The molecule has 3 aromatic rings. The van der Waals surface area contributed by atoms with Crippen LogP contribution in [0.15, 0.2) is 72.8 Å². The van der Waals surface area contributed by atoms with Crippen LogP contribution in [0.2, 0.25) is 0 Å². The van der Waals surface area contributed by atoms with E-state index in [1.54, 1.807) is 0 Å². The number of anilines is 1. The summed E-state index contributed by atoms with van der Waals surface area (Å²) >= 11 is 0. The van der Waals surface area contributed by atoms with Gasteiger partial charge in [0.15, 0.2) is 6.61 Å². The molecule has 0 saturated heterocycles. The second-order valence-corrected chi connectivity index (χ2v) is 8.59. The van der Waals surface area contributed by atoms with E-state index in [2.05, 4.69) is 26.1 Å². The number of benzene rings is 3. The molecule has 1 N–H and O–H groups in total. The van der Waals surface area contributed by atoms with Crippen LogP contribution >= 0.6 is 0 Å². The third-order valence-corrected chi connectivity index (χ3v) is 5.30. The van der Waals surface area contributed by atoms with Gasteiger partial charge in [0.2, 0.25) is 0 Å². The van der Waals surface area contributed by atoms with Gasteiger partial charge in [-0.15, -0.1) is 0 Å². The summed E-state index contributed by atoms with van der Waals surface area (Å²) in [4.78, 5) is 25.3. The zero-order chi connectivity index (χ0) is 22.0. The van der Waals surface area contributed by atoms with Crippen molar-refractivity contribution in [2.24, 2.45) is 0 Å². The molecule has 1 aliphatic heterocycles. The Bertz CT molecular complexity index is 1070. The molecule has 0 spiro atoms. The Morgan fingerprint density at radius 2 is 1.42 bits per heavy atom. The van der Waals surface area contributed by atoms with Gasteiger partial charge in [-0.05, 0) is 35.2 Å². The predicted molar refractivity (Wildman–Crippen MR) is 120 cm³/mol. The van der Waals surface area contributed by atoms with Gasteiger partial charge in [0.05, 0.1) is 0 Å². The lowest BCUT2D eigenvalue weighted by Crippen LogP contribution is -2.26. The van der Waals surface area contributed by atoms with E-state index in [4.69, 9.17) is 9.47 Å². The van der Waals surface area contributed by atoms with Crippen molar-refractivity contribution in [1.82, 2.24) is 0 Å². The predicted octanol–water partition coefficient (Wildman–Crippen LogP) is 5.40. The first kappa shape index (κ1) is 20.7. The number of para-hydroxylation sites is 2. The highest BCUT2D eigenvalue weighted by Crippen LogP contribution is 2.44. The van der Waals surface area contributed by atoms with Crippen LogP contribution < -0.4 is 10.1 Å². The van der Waals surface area contributed by atoms with Crippen LogP contribution in [0.25, 0.3) is 0 Å². The fourth-order valence-corrected chi connectivity index (χ4v) is 3.63. The minimum atomic E-state index is -0.639. The molecule has 0 radical (unpaired) electrons. The maximum absolute atomic E-state index is 13.0. The monoisotopic (exact) mass is 415 g/mol. The van der Waals surface area contributed by atoms with E-state index in [9.17, 15) is 9.59 Å². The van der Waals surface area contributed by atoms with Gasteiger partial charge in [0.25, 0.3) is 5.91 Å². The van der Waals surface area contributed by atoms with Gasteiger partial charge < -0.3 is 14.8 Å². The summed E-state index contributed by atoms with van der Waals surface area (Å²) < 4.78 is 11.3. The first-order valence-corrected chi connectivity index (χ1v) is 10.3. The number of esters is 1. The molecule has 0 aromatic heterocycles. The molecule has 0 bridgehead atoms. The Kier molecular flexibility index (Phi) is 5.51. The zero-order valence-electron chi connectivity index (χ0n) is 17.8. The van der Waals surface area contributed by atoms with Crippen LogP contribution in [0.1, 0.15) is 43.4 Å². The lowest BCUT2D eigenvalue weighted by molar-refractivity contribution is -0.148. The highest BCUT2D eigenvalue weighted by Gasteiger charge is 2.33. The van der Waals surface area contributed by atoms with E-state index >= 15 is 0 Å². The molecule has 4 rings (SSSR count). The first-order chi connectivity index (χ1) is 14.8. The minimum absolute atomic E-state index is 0.0361. The number of hydrogen-bond donors (Lipinski definition) is 1. The number of carbonyl (C=O) groups is 2. The Hall–Kier alpha value is -3.60. The minimum Gasteiger partial charge on any atom is -0.457 e. The van der Waals surface area contributed by atoms with Gasteiger partial charge in [-0.1, -0.05) is 69.3 Å². The van der Waals surface area contributed by atoms with Crippen molar-refractivity contribution in [3.05, 3.63) is 89.5 Å². The highest BCUT2D eigenvalue weighted by molar-refractivity contribution is 5.94. The van der Waals surface area contributed by atoms with Crippen molar-refractivity contribution >= 4 is 17.6 Å². The standard InChI is InChI=1S/C26H25NO4/c1-26(2,3)17-12-14-18(15-13-17)27-23(28)16-30-25(29)24-19-8-4-6-10-21(19)31-22-11-7-5-9-20(22)24/h4-15,24H,16H2,1-3H3,(H,27,28). The van der Waals surface area contributed by atoms with Crippen LogP contribution in [-0.2, 0) is 19.7 Å². The zero-order valence-corrected chi connectivity index (χ0v) is 17.8. The van der Waals surface area contributed by atoms with Gasteiger partial charge in [-0.3, -0.25) is 9.59 Å². The summed E-state index contributed by atoms with van der Waals surface area (Å²) in [5.41, 5.74) is 3.33. The van der Waals surface area contributed by atoms with Gasteiger partial charge in [0, 0.05) is 16.8 Å². The molecule has 5 heteroatoms. The number of fused-ring (bicyclic) bond motifs is 2. The fourth-order valence-electron chi connectivity index (χ4n) is 3.63. The molecule has 0 unspecified atom stereocenters. The summed E-state index contributed by atoms with van der Waals surface area (Å²) in [7, 11) is 0. The molecule has 0 aliphatic carbocycles. The van der Waals surface area contributed by atoms with E-state index in [0.29, 0.717) is 17.2 Å². The van der Waals surface area contributed by atoms with E-state index < -0.39 is 11.9 Å². The number of hydrogen-bond acceptors (Lipinski definition) is 4. The molecule has 1 aliphatic rings. The Balaban J connectivity index is 1.44. The maximum atomic E-state index is 13.0. The van der Waals surface area contributed by atoms with Crippen LogP contribution in [0.4, 0.5) is 5.69 Å². The lowest BCUT2D eigenvalue weighted by Gasteiger charge is -2.26. The molecular weight excluding hydrogens is 390 g/mol. The lowest BCUT2D eigenvalue weighted by atomic mass is 9.87. The van der Waals surface area contributed by atoms with Crippen molar-refractivity contribution in [1.29, 1.82) is 0 Å². The number of carbonyl (C=O) groups excluding carboxylic acids is 2. The van der Waals surface area contributed by atoms with Gasteiger partial charge in [-0.2, -0.15) is 0 Å². The number of rotatable bonds is 4. The van der Waals surface area contributed by atoms with Gasteiger partial charge in [0.1, 0.15) is 17.4 Å². The average molecular weight is 415 g/mol. The quantitative estimate of drug-likeness (QED) is 0.579. The third-order valence-electron chi connectivity index (χ3n) is 5.30. The van der Waals surface area contributed by atoms with Crippen molar-refractivity contribution in [3.8, 4) is 11.5 Å². The summed E-state index contributed by atoms with van der Waals surface area (Å²) in [5.74, 6) is -0.273. The second kappa shape index (κ2) is 8.26. The number of amides is 1. The van der Waals surface area contributed by atoms with Crippen LogP contribution in [0.3, 0.4) is 0 Å². The van der Waals surface area contributed by atoms with E-state index in [1.807, 2.05) is 72.8 Å². The Labute approximate surface area is 182 Å². The topological polar surface area (TPSA) is 64.6 Å². The summed E-state index contributed by atoms with van der Waals surface area (Å²) in [6, 6.07) is 22.4. The van der Waals surface area contributed by atoms with Crippen LogP contribution in [0, 0.1) is 0 Å². The van der Waals surface area contributed by atoms with Crippen molar-refractivity contribution in [2.45, 2.75) is 32.1 Å². The maximum Gasteiger partial charge on any atom is 0.318 e. The average Bonchev–Trinajstić information content (AvgIpc) is 2.75. The van der Waals surface area contributed by atoms with Gasteiger partial charge in [-0.25, -0.2) is 0 Å². The van der Waals surface area contributed by atoms with E-state index in [1.165, 1.54) is 5.56 Å². The van der Waals surface area contributed by atoms with E-state index in [-0.39, 0.29) is 17.9 Å². The van der Waals surface area contributed by atoms with Crippen molar-refractivity contribution < 1.29 is 19.1 Å². The van der Waals surface area contributed by atoms with Crippen LogP contribution in [-0.4, -0.2) is 18.5 Å². The normalized spacial score (nSPS) is 12.9. The number of nitrogens with one attached hydrogen (secondary N) is 1. The third kappa shape index (κ3) is 4.45. The fraction of sp³-hybridized carbons (Fsp3) is 0.231. The SMILES string of the molecule is CC(C)(C)c1ccc(NC(=O)COC(=O)C2c3ccccc3Oc3ccccc32)cc1. The van der Waals surface area contributed by atoms with Crippen molar-refractivity contribution in [2.75, 3.05) is 11.9 Å². The molecule has 0 saturated carbocycles. The smallest absolute Gasteiger partial charge is 0.318 e. The molecule has 5 nitrogen and oxygen atoms in total. The van der Waals surface area contributed by atoms with Gasteiger partial charge >= 0.3 is 5.97 Å². The molecule has 31 heavy (non-hydrogen) atoms. The Morgan fingerprint density at radius 3 is 1.97 bits per heavy atom. The summed E-state index contributed by atoms with van der Waals surface area (Å²) in [6.07, 6.45) is 0. The second-order valence-electron chi connectivity index (χ2n) is 8.59. The molecule has 1 heterocycles. The largest absolute Gasteiger partial charge is 0.457 e. The molecular formula is C26H25NO4. The molecule has 0 fully saturated rings. The van der Waals surface area contributed by atoms with Crippen LogP contribution in [0.5, 0.6) is 11.5 Å². The van der Waals surface area contributed by atoms with E-state index in [0.717, 1.165) is 11.1 Å². The summed E-state index contributed by atoms with van der Waals surface area (Å²) in [6.45, 7) is 6.04.